The molecule has 0 aliphatic carbocycles. The van der Waals surface area contributed by atoms with E-state index in [0.717, 1.165) is 5.56 Å². The molecule has 1 fully saturated rings. The maximum Gasteiger partial charge on any atom is 0.410 e. The molecule has 1 saturated heterocycles. The van der Waals surface area contributed by atoms with Crippen LogP contribution in [0, 0.1) is 0 Å². The van der Waals surface area contributed by atoms with Crippen LogP contribution < -0.4 is 5.32 Å². The summed E-state index contributed by atoms with van der Waals surface area (Å²) < 4.78 is 9.95. The minimum Gasteiger partial charge on any atom is -0.467 e. The highest BCUT2D eigenvalue weighted by Gasteiger charge is 2.33. The molecule has 1 aromatic carbocycles. The Bertz CT molecular complexity index is 464. The minimum atomic E-state index is -0.628. The molecule has 0 spiro atoms. The number of hydrogen-bond acceptors (Lipinski definition) is 5. The van der Waals surface area contributed by atoms with E-state index in [0.29, 0.717) is 19.6 Å². The number of esters is 1. The van der Waals surface area contributed by atoms with Gasteiger partial charge in [0.25, 0.3) is 0 Å². The van der Waals surface area contributed by atoms with Gasteiger partial charge in [0.15, 0.2) is 0 Å². The number of ether oxygens (including phenoxy) is 2. The van der Waals surface area contributed by atoms with E-state index >= 15 is 0 Å². The molecule has 1 aliphatic heterocycles. The lowest BCUT2D eigenvalue weighted by Crippen LogP contribution is -2.57. The van der Waals surface area contributed by atoms with E-state index in [4.69, 9.17) is 9.47 Å². The van der Waals surface area contributed by atoms with Crippen molar-refractivity contribution in [1.82, 2.24) is 10.2 Å². The van der Waals surface area contributed by atoms with Crippen LogP contribution in [0.4, 0.5) is 4.79 Å². The molecule has 1 aromatic rings. The Hall–Kier alpha value is -2.08. The predicted molar refractivity (Wildman–Crippen MR) is 72.0 cm³/mol. The number of methoxy groups -OCH3 is 1. The van der Waals surface area contributed by atoms with Crippen LogP contribution in [0.2, 0.25) is 0 Å². The highest BCUT2D eigenvalue weighted by molar-refractivity contribution is 5.81. The lowest BCUT2D eigenvalue weighted by atomic mass is 10.2. The summed E-state index contributed by atoms with van der Waals surface area (Å²) in [6.07, 6.45) is -0.495. The van der Waals surface area contributed by atoms with E-state index in [-0.39, 0.29) is 6.61 Å². The largest absolute Gasteiger partial charge is 0.467 e. The first kappa shape index (κ1) is 14.3. The third kappa shape index (κ3) is 3.48. The Morgan fingerprint density at radius 1 is 1.35 bits per heavy atom. The van der Waals surface area contributed by atoms with Crippen LogP contribution in [-0.4, -0.2) is 49.7 Å². The quantitative estimate of drug-likeness (QED) is 0.827. The Kier molecular flexibility index (Phi) is 4.95. The molecule has 6 heteroatoms. The molecule has 0 aromatic heterocycles. The van der Waals surface area contributed by atoms with Crippen molar-refractivity contribution >= 4 is 12.1 Å². The summed E-state index contributed by atoms with van der Waals surface area (Å²) in [5, 5.41) is 3.06. The van der Waals surface area contributed by atoms with Gasteiger partial charge in [0, 0.05) is 19.6 Å². The van der Waals surface area contributed by atoms with Crippen LogP contribution >= 0.6 is 0 Å². The molecule has 0 bridgehead atoms. The molecule has 20 heavy (non-hydrogen) atoms. The van der Waals surface area contributed by atoms with E-state index < -0.39 is 18.1 Å². The van der Waals surface area contributed by atoms with Crippen molar-refractivity contribution in [3.05, 3.63) is 35.9 Å². The average molecular weight is 278 g/mol. The molecule has 0 radical (unpaired) electrons. The Balaban J connectivity index is 1.94. The third-order valence-electron chi connectivity index (χ3n) is 3.16. The summed E-state index contributed by atoms with van der Waals surface area (Å²) in [7, 11) is 1.31. The Labute approximate surface area is 117 Å². The number of nitrogens with zero attached hydrogens (tertiary/aromatic N) is 1. The van der Waals surface area contributed by atoms with Gasteiger partial charge in [0.2, 0.25) is 0 Å². The van der Waals surface area contributed by atoms with Crippen LogP contribution in [0.3, 0.4) is 0 Å². The van der Waals surface area contributed by atoms with Gasteiger partial charge in [-0.3, -0.25) is 4.90 Å². The number of hydrogen-bond donors (Lipinski definition) is 1. The van der Waals surface area contributed by atoms with Gasteiger partial charge in [-0.2, -0.15) is 0 Å². The van der Waals surface area contributed by atoms with Crippen molar-refractivity contribution in [2.75, 3.05) is 26.7 Å². The first-order valence-electron chi connectivity index (χ1n) is 6.48. The van der Waals surface area contributed by atoms with Crippen molar-refractivity contribution in [3.63, 3.8) is 0 Å². The van der Waals surface area contributed by atoms with Crippen molar-refractivity contribution < 1.29 is 19.1 Å². The number of carbonyl (C=O) groups excluding carboxylic acids is 2. The summed E-state index contributed by atoms with van der Waals surface area (Å²) >= 11 is 0. The molecule has 6 nitrogen and oxygen atoms in total. The monoisotopic (exact) mass is 278 g/mol. The van der Waals surface area contributed by atoms with Crippen LogP contribution in [0.1, 0.15) is 5.56 Å². The van der Waals surface area contributed by atoms with Gasteiger partial charge >= 0.3 is 12.1 Å². The standard InChI is InChI=1S/C14H18N2O4/c1-19-13(17)12-9-15-7-8-16(12)14(18)20-10-11-5-3-2-4-6-11/h2-6,12,15H,7-10H2,1H3. The SMILES string of the molecule is COC(=O)C1CNCCN1C(=O)OCc1ccccc1. The molecule has 0 saturated carbocycles. The van der Waals surface area contributed by atoms with Gasteiger partial charge in [-0.1, -0.05) is 30.3 Å². The summed E-state index contributed by atoms with van der Waals surface area (Å²) in [4.78, 5) is 25.1. The zero-order chi connectivity index (χ0) is 14.4. The fourth-order valence-corrected chi connectivity index (χ4v) is 2.07. The second-order valence-corrected chi connectivity index (χ2v) is 4.48. The zero-order valence-corrected chi connectivity index (χ0v) is 11.4. The van der Waals surface area contributed by atoms with E-state index in [1.54, 1.807) is 0 Å². The summed E-state index contributed by atoms with van der Waals surface area (Å²) in [5.41, 5.74) is 0.908. The van der Waals surface area contributed by atoms with E-state index in [1.807, 2.05) is 30.3 Å². The number of amides is 1. The maximum absolute atomic E-state index is 12.1. The molecule has 1 heterocycles. The van der Waals surface area contributed by atoms with Crippen LogP contribution in [0.5, 0.6) is 0 Å². The van der Waals surface area contributed by atoms with Crippen LogP contribution in [0.25, 0.3) is 0 Å². The molecule has 108 valence electrons. The minimum absolute atomic E-state index is 0.192. The summed E-state index contributed by atoms with van der Waals surface area (Å²) in [5.74, 6) is -0.436. The topological polar surface area (TPSA) is 67.9 Å². The van der Waals surface area contributed by atoms with Gasteiger partial charge in [0.1, 0.15) is 12.6 Å². The van der Waals surface area contributed by atoms with Crippen molar-refractivity contribution in [3.8, 4) is 0 Å². The van der Waals surface area contributed by atoms with Crippen LogP contribution in [-0.2, 0) is 20.9 Å². The first-order chi connectivity index (χ1) is 9.72. The smallest absolute Gasteiger partial charge is 0.410 e. The van der Waals surface area contributed by atoms with E-state index in [9.17, 15) is 9.59 Å². The normalized spacial score (nSPS) is 18.4. The summed E-state index contributed by atoms with van der Waals surface area (Å²) in [6, 6.07) is 8.79. The molecule has 1 unspecified atom stereocenters. The number of carbonyl (C=O) groups is 2. The molecule has 1 amide bonds. The Morgan fingerprint density at radius 2 is 2.10 bits per heavy atom. The van der Waals surface area contributed by atoms with Crippen molar-refractivity contribution in [2.45, 2.75) is 12.6 Å². The van der Waals surface area contributed by atoms with Gasteiger partial charge in [-0.15, -0.1) is 0 Å². The van der Waals surface area contributed by atoms with E-state index in [2.05, 4.69) is 5.32 Å². The van der Waals surface area contributed by atoms with Gasteiger partial charge in [-0.05, 0) is 5.56 Å². The number of piperazine rings is 1. The van der Waals surface area contributed by atoms with E-state index in [1.165, 1.54) is 12.0 Å². The lowest BCUT2D eigenvalue weighted by molar-refractivity contribution is -0.147. The molecular formula is C14H18N2O4. The lowest BCUT2D eigenvalue weighted by Gasteiger charge is -2.33. The van der Waals surface area contributed by atoms with Gasteiger partial charge in [-0.25, -0.2) is 9.59 Å². The fourth-order valence-electron chi connectivity index (χ4n) is 2.07. The third-order valence-corrected chi connectivity index (χ3v) is 3.16. The molecule has 1 atom stereocenters. The first-order valence-corrected chi connectivity index (χ1v) is 6.48. The van der Waals surface area contributed by atoms with Gasteiger partial charge in [0.05, 0.1) is 7.11 Å². The Morgan fingerprint density at radius 3 is 2.80 bits per heavy atom. The van der Waals surface area contributed by atoms with Crippen molar-refractivity contribution in [2.24, 2.45) is 0 Å². The number of nitrogens with one attached hydrogen (secondary N) is 1. The zero-order valence-electron chi connectivity index (χ0n) is 11.4. The average Bonchev–Trinajstić information content (AvgIpc) is 2.52. The van der Waals surface area contributed by atoms with Gasteiger partial charge < -0.3 is 14.8 Å². The molecule has 2 rings (SSSR count). The number of rotatable bonds is 3. The maximum atomic E-state index is 12.1. The molecular weight excluding hydrogens is 260 g/mol. The molecule has 1 aliphatic rings. The predicted octanol–water partition coefficient (Wildman–Crippen LogP) is 0.770. The highest BCUT2D eigenvalue weighted by Crippen LogP contribution is 2.09. The molecule has 1 N–H and O–H groups in total. The second kappa shape index (κ2) is 6.91. The summed E-state index contributed by atoms with van der Waals surface area (Å²) in [6.45, 7) is 1.63. The fraction of sp³-hybridized carbons (Fsp3) is 0.429. The second-order valence-electron chi connectivity index (χ2n) is 4.48. The van der Waals surface area contributed by atoms with Crippen molar-refractivity contribution in [1.29, 1.82) is 0 Å². The van der Waals surface area contributed by atoms with Crippen LogP contribution in [0.15, 0.2) is 30.3 Å². The number of benzene rings is 1. The highest BCUT2D eigenvalue weighted by atomic mass is 16.6.